The summed E-state index contributed by atoms with van der Waals surface area (Å²) < 4.78 is 0. The second-order valence-electron chi connectivity index (χ2n) is 6.83. The minimum Gasteiger partial charge on any atom is -0.396 e. The second kappa shape index (κ2) is 8.78. The highest BCUT2D eigenvalue weighted by Crippen LogP contribution is 2.19. The Morgan fingerprint density at radius 1 is 1.46 bits per heavy atom. The highest BCUT2D eigenvalue weighted by molar-refractivity contribution is 5.94. The molecule has 24 heavy (non-hydrogen) atoms. The Kier molecular flexibility index (Phi) is 6.73. The van der Waals surface area contributed by atoms with Gasteiger partial charge >= 0.3 is 0 Å². The second-order valence-corrected chi connectivity index (χ2v) is 6.83. The van der Waals surface area contributed by atoms with Crippen molar-refractivity contribution in [3.63, 3.8) is 0 Å². The fourth-order valence-electron chi connectivity index (χ4n) is 2.95. The first-order valence-corrected chi connectivity index (χ1v) is 8.60. The first kappa shape index (κ1) is 18.4. The number of aliphatic hydroxyl groups excluding tert-OH is 1. The summed E-state index contributed by atoms with van der Waals surface area (Å²) in [7, 11) is 0. The minimum atomic E-state index is -0.189. The van der Waals surface area contributed by atoms with Crippen LogP contribution in [0.4, 0.5) is 0 Å². The van der Waals surface area contributed by atoms with E-state index >= 15 is 0 Å². The zero-order valence-electron chi connectivity index (χ0n) is 14.4. The molecular weight excluding hydrogens is 306 g/mol. The van der Waals surface area contributed by atoms with E-state index in [2.05, 4.69) is 24.1 Å². The molecule has 0 unspecified atom stereocenters. The van der Waals surface area contributed by atoms with E-state index in [0.29, 0.717) is 37.4 Å². The molecule has 1 aliphatic heterocycles. The molecule has 0 radical (unpaired) electrons. The van der Waals surface area contributed by atoms with Crippen LogP contribution >= 0.6 is 0 Å². The van der Waals surface area contributed by atoms with Crippen molar-refractivity contribution in [2.75, 3.05) is 19.7 Å². The number of rotatable bonds is 6. The molecule has 0 bridgehead atoms. The third-order valence-corrected chi connectivity index (χ3v) is 4.50. The summed E-state index contributed by atoms with van der Waals surface area (Å²) in [6.45, 7) is 5.26. The maximum absolute atomic E-state index is 12.3. The summed E-state index contributed by atoms with van der Waals surface area (Å²) in [5.74, 6) is 0.312. The van der Waals surface area contributed by atoms with Crippen LogP contribution in [0.2, 0.25) is 0 Å². The standard InChI is InChI=1S/C18H27N3O3/c1-13(2)5-6-17(23)21-9-7-16(15(11-21)12-22)20-18(24)14-4-3-8-19-10-14/h3-4,8,10,13,15-16,22H,5-7,9,11-12H2,1-2H3,(H,20,24)/t15-,16-/m1/s1. The number of pyridine rings is 1. The average Bonchev–Trinajstić information content (AvgIpc) is 2.60. The predicted molar refractivity (Wildman–Crippen MR) is 91.3 cm³/mol. The number of carbonyl (C=O) groups excluding carboxylic acids is 2. The van der Waals surface area contributed by atoms with Gasteiger partial charge in [0.05, 0.1) is 5.56 Å². The monoisotopic (exact) mass is 333 g/mol. The summed E-state index contributed by atoms with van der Waals surface area (Å²) >= 11 is 0. The number of likely N-dealkylation sites (tertiary alicyclic amines) is 1. The third-order valence-electron chi connectivity index (χ3n) is 4.50. The fourth-order valence-corrected chi connectivity index (χ4v) is 2.95. The quantitative estimate of drug-likeness (QED) is 0.825. The number of amides is 2. The first-order chi connectivity index (χ1) is 11.5. The molecule has 1 aromatic heterocycles. The maximum atomic E-state index is 12.3. The van der Waals surface area contributed by atoms with E-state index in [1.165, 1.54) is 6.20 Å². The smallest absolute Gasteiger partial charge is 0.253 e. The predicted octanol–water partition coefficient (Wildman–Crippen LogP) is 1.46. The minimum absolute atomic E-state index is 0.0497. The number of nitrogens with one attached hydrogen (secondary N) is 1. The van der Waals surface area contributed by atoms with Gasteiger partial charge in [-0.3, -0.25) is 14.6 Å². The normalized spacial score (nSPS) is 20.9. The molecular formula is C18H27N3O3. The van der Waals surface area contributed by atoms with Gasteiger partial charge in [0.2, 0.25) is 5.91 Å². The molecule has 6 nitrogen and oxygen atoms in total. The number of piperidine rings is 1. The Balaban J connectivity index is 1.90. The Morgan fingerprint density at radius 2 is 2.25 bits per heavy atom. The zero-order valence-corrected chi connectivity index (χ0v) is 14.4. The molecule has 2 amide bonds. The van der Waals surface area contributed by atoms with Gasteiger partial charge < -0.3 is 15.3 Å². The van der Waals surface area contributed by atoms with Crippen LogP contribution < -0.4 is 5.32 Å². The van der Waals surface area contributed by atoms with Crippen LogP contribution in [0.15, 0.2) is 24.5 Å². The molecule has 6 heteroatoms. The van der Waals surface area contributed by atoms with E-state index in [1.807, 2.05) is 4.90 Å². The van der Waals surface area contributed by atoms with Crippen molar-refractivity contribution in [2.45, 2.75) is 39.2 Å². The lowest BCUT2D eigenvalue weighted by Crippen LogP contribution is -2.53. The van der Waals surface area contributed by atoms with Crippen molar-refractivity contribution in [1.82, 2.24) is 15.2 Å². The van der Waals surface area contributed by atoms with Crippen LogP contribution in [0.5, 0.6) is 0 Å². The van der Waals surface area contributed by atoms with Crippen LogP contribution in [-0.2, 0) is 4.79 Å². The Hall–Kier alpha value is -1.95. The van der Waals surface area contributed by atoms with Gasteiger partial charge in [0.25, 0.3) is 5.91 Å². The number of hydrogen-bond donors (Lipinski definition) is 2. The SMILES string of the molecule is CC(C)CCC(=O)N1CC[C@@H](NC(=O)c2cccnc2)[C@@H](CO)C1. The molecule has 0 spiro atoms. The molecule has 1 aromatic rings. The van der Waals surface area contributed by atoms with Gasteiger partial charge in [-0.2, -0.15) is 0 Å². The van der Waals surface area contributed by atoms with Gasteiger partial charge in [0.15, 0.2) is 0 Å². The third kappa shape index (κ3) is 5.03. The summed E-state index contributed by atoms with van der Waals surface area (Å²) in [6.07, 6.45) is 5.22. The molecule has 2 N–H and O–H groups in total. The van der Waals surface area contributed by atoms with Gasteiger partial charge in [-0.15, -0.1) is 0 Å². The van der Waals surface area contributed by atoms with Crippen LogP contribution in [0.25, 0.3) is 0 Å². The molecule has 132 valence electrons. The van der Waals surface area contributed by atoms with Crippen molar-refractivity contribution >= 4 is 11.8 Å². The van der Waals surface area contributed by atoms with Crippen molar-refractivity contribution in [2.24, 2.45) is 11.8 Å². The van der Waals surface area contributed by atoms with Gasteiger partial charge in [-0.25, -0.2) is 0 Å². The molecule has 1 aliphatic rings. The molecule has 2 rings (SSSR count). The van der Waals surface area contributed by atoms with Crippen LogP contribution in [-0.4, -0.2) is 52.5 Å². The zero-order chi connectivity index (χ0) is 17.5. The maximum Gasteiger partial charge on any atom is 0.253 e. The fraction of sp³-hybridized carbons (Fsp3) is 0.611. The lowest BCUT2D eigenvalue weighted by molar-refractivity contribution is -0.134. The number of hydrogen-bond acceptors (Lipinski definition) is 4. The molecule has 2 atom stereocenters. The topological polar surface area (TPSA) is 82.5 Å². The molecule has 0 aromatic carbocycles. The van der Waals surface area contributed by atoms with E-state index in [9.17, 15) is 14.7 Å². The van der Waals surface area contributed by atoms with Gasteiger partial charge in [0.1, 0.15) is 0 Å². The molecule has 1 fully saturated rings. The van der Waals surface area contributed by atoms with E-state index in [4.69, 9.17) is 0 Å². The highest BCUT2D eigenvalue weighted by Gasteiger charge is 2.32. The Bertz CT molecular complexity index is 548. The highest BCUT2D eigenvalue weighted by atomic mass is 16.3. The number of aromatic nitrogens is 1. The number of nitrogens with zero attached hydrogens (tertiary/aromatic N) is 2. The summed E-state index contributed by atoms with van der Waals surface area (Å²) in [5.41, 5.74) is 0.504. The van der Waals surface area contributed by atoms with Crippen LogP contribution in [0.3, 0.4) is 0 Å². The lowest BCUT2D eigenvalue weighted by atomic mass is 9.92. The van der Waals surface area contributed by atoms with Crippen LogP contribution in [0, 0.1) is 11.8 Å². The van der Waals surface area contributed by atoms with Crippen LogP contribution in [0.1, 0.15) is 43.5 Å². The van der Waals surface area contributed by atoms with E-state index in [1.54, 1.807) is 18.3 Å². The van der Waals surface area contributed by atoms with Crippen molar-refractivity contribution < 1.29 is 14.7 Å². The largest absolute Gasteiger partial charge is 0.396 e. The van der Waals surface area contributed by atoms with E-state index < -0.39 is 0 Å². The van der Waals surface area contributed by atoms with Crippen molar-refractivity contribution in [1.29, 1.82) is 0 Å². The molecule has 0 saturated carbocycles. The van der Waals surface area contributed by atoms with Crippen molar-refractivity contribution in [3.05, 3.63) is 30.1 Å². The Labute approximate surface area is 143 Å². The van der Waals surface area contributed by atoms with E-state index in [-0.39, 0.29) is 30.4 Å². The summed E-state index contributed by atoms with van der Waals surface area (Å²) in [5, 5.41) is 12.6. The number of carbonyl (C=O) groups is 2. The average molecular weight is 333 g/mol. The number of aliphatic hydroxyl groups is 1. The first-order valence-electron chi connectivity index (χ1n) is 8.60. The summed E-state index contributed by atoms with van der Waals surface area (Å²) in [4.78, 5) is 30.3. The van der Waals surface area contributed by atoms with Gasteiger partial charge in [-0.05, 0) is 30.9 Å². The molecule has 0 aliphatic carbocycles. The molecule has 1 saturated heterocycles. The van der Waals surface area contributed by atoms with Gasteiger partial charge in [-0.1, -0.05) is 13.8 Å². The van der Waals surface area contributed by atoms with Gasteiger partial charge in [0, 0.05) is 50.5 Å². The molecule has 2 heterocycles. The lowest BCUT2D eigenvalue weighted by Gasteiger charge is -2.38. The van der Waals surface area contributed by atoms with E-state index in [0.717, 1.165) is 6.42 Å². The Morgan fingerprint density at radius 3 is 2.88 bits per heavy atom. The van der Waals surface area contributed by atoms with Crippen molar-refractivity contribution in [3.8, 4) is 0 Å². The summed E-state index contributed by atoms with van der Waals surface area (Å²) in [6, 6.07) is 3.30.